The number of nitrogens with two attached hydrogens (primary N) is 1. The molecular formula is C53H102N4O8. The van der Waals surface area contributed by atoms with E-state index in [-0.39, 0.29) is 42.5 Å². The lowest BCUT2D eigenvalue weighted by Crippen LogP contribution is -2.54. The number of hydrogen-bond donors (Lipinski definition) is 5. The van der Waals surface area contributed by atoms with E-state index in [1.165, 1.54) is 103 Å². The molecular weight excluding hydrogens is 821 g/mol. The Morgan fingerprint density at radius 3 is 1.23 bits per heavy atom. The minimum absolute atomic E-state index is 0.00481. The second-order valence-corrected chi connectivity index (χ2v) is 18.9. The zero-order chi connectivity index (χ0) is 48.2. The Bertz CT molecular complexity index is 1170. The van der Waals surface area contributed by atoms with Crippen LogP contribution in [0.5, 0.6) is 0 Å². The third kappa shape index (κ3) is 37.0. The Morgan fingerprint density at radius 1 is 0.462 bits per heavy atom. The Kier molecular flexibility index (Phi) is 43.2. The van der Waals surface area contributed by atoms with Gasteiger partial charge in [0.05, 0.1) is 31.2 Å². The molecule has 3 amide bonds. The van der Waals surface area contributed by atoms with E-state index in [2.05, 4.69) is 43.6 Å². The standard InChI is InChI=1S/C53H102N4O8/c1-6-10-14-18-20-28-36-45(34-26-16-12-8-3)52(62)64-42-32-24-22-30-40-55-48(59)39-38-47(57-51(61)49(54)44(5)58)50(60)56-41-31-23-25-33-43-65-53(63)46(35-27-17-13-9-4)37-29-21-19-15-11-7-2/h44-47,49,58H,6-43,54H2,1-5H3,(H,55,59)(H,56,60)(H,57,61)/t44-,45?,46?,47+,49+/m1/s1. The third-order valence-corrected chi connectivity index (χ3v) is 12.7. The summed E-state index contributed by atoms with van der Waals surface area (Å²) in [6, 6.07) is -2.18. The van der Waals surface area contributed by atoms with Crippen LogP contribution in [0.4, 0.5) is 0 Å². The van der Waals surface area contributed by atoms with Gasteiger partial charge in [-0.3, -0.25) is 24.0 Å². The zero-order valence-electron chi connectivity index (χ0n) is 42.6. The van der Waals surface area contributed by atoms with Crippen LogP contribution in [0, 0.1) is 11.8 Å². The van der Waals surface area contributed by atoms with Gasteiger partial charge in [-0.05, 0) is 77.6 Å². The van der Waals surface area contributed by atoms with Gasteiger partial charge in [0, 0.05) is 19.5 Å². The molecule has 6 N–H and O–H groups in total. The summed E-state index contributed by atoms with van der Waals surface area (Å²) in [5.41, 5.74) is 5.84. The second kappa shape index (κ2) is 45.1. The summed E-state index contributed by atoms with van der Waals surface area (Å²) in [4.78, 5) is 64.5. The molecule has 0 aliphatic rings. The molecule has 0 bridgehead atoms. The minimum atomic E-state index is -1.20. The number of hydrogen-bond acceptors (Lipinski definition) is 9. The molecule has 65 heavy (non-hydrogen) atoms. The molecule has 0 rings (SSSR count). The molecule has 0 aromatic heterocycles. The highest BCUT2D eigenvalue weighted by Crippen LogP contribution is 2.22. The summed E-state index contributed by atoms with van der Waals surface area (Å²) in [5.74, 6) is -1.38. The van der Waals surface area contributed by atoms with Crippen LogP contribution < -0.4 is 21.7 Å². The van der Waals surface area contributed by atoms with Crippen LogP contribution in [-0.4, -0.2) is 79.3 Å². The van der Waals surface area contributed by atoms with Gasteiger partial charge in [-0.25, -0.2) is 0 Å². The Hall–Kier alpha value is -2.73. The number of ether oxygens (including phenoxy) is 2. The number of amides is 3. The summed E-state index contributed by atoms with van der Waals surface area (Å²) in [7, 11) is 0. The van der Waals surface area contributed by atoms with Gasteiger partial charge in [-0.15, -0.1) is 0 Å². The van der Waals surface area contributed by atoms with Crippen molar-refractivity contribution in [3.05, 3.63) is 0 Å². The number of aliphatic hydroxyl groups is 1. The first-order valence-corrected chi connectivity index (χ1v) is 27.1. The fourth-order valence-electron chi connectivity index (χ4n) is 8.16. The molecule has 0 fully saturated rings. The quantitative estimate of drug-likeness (QED) is 0.0292. The number of esters is 2. The fraction of sp³-hybridized carbons (Fsp3) is 0.906. The van der Waals surface area contributed by atoms with Crippen LogP contribution >= 0.6 is 0 Å². The molecule has 12 nitrogen and oxygen atoms in total. The van der Waals surface area contributed by atoms with Crippen molar-refractivity contribution in [1.82, 2.24) is 16.0 Å². The van der Waals surface area contributed by atoms with Crippen LogP contribution in [0.2, 0.25) is 0 Å². The van der Waals surface area contributed by atoms with E-state index in [4.69, 9.17) is 15.2 Å². The first-order chi connectivity index (χ1) is 31.5. The molecule has 382 valence electrons. The molecule has 0 radical (unpaired) electrons. The molecule has 0 spiro atoms. The Labute approximate surface area is 398 Å². The number of carbonyl (C=O) groups excluding carboxylic acids is 5. The van der Waals surface area contributed by atoms with E-state index in [1.807, 2.05) is 0 Å². The molecule has 0 aromatic carbocycles. The van der Waals surface area contributed by atoms with Gasteiger partial charge in [0.25, 0.3) is 0 Å². The molecule has 0 saturated carbocycles. The summed E-state index contributed by atoms with van der Waals surface area (Å²) in [6.07, 6.45) is 33.0. The van der Waals surface area contributed by atoms with Crippen molar-refractivity contribution in [3.63, 3.8) is 0 Å². The highest BCUT2D eigenvalue weighted by atomic mass is 16.5. The third-order valence-electron chi connectivity index (χ3n) is 12.7. The molecule has 0 saturated heterocycles. The molecule has 2 unspecified atom stereocenters. The molecule has 0 aliphatic heterocycles. The van der Waals surface area contributed by atoms with E-state index in [0.717, 1.165) is 103 Å². The maximum Gasteiger partial charge on any atom is 0.308 e. The molecule has 0 aromatic rings. The first kappa shape index (κ1) is 62.3. The minimum Gasteiger partial charge on any atom is -0.465 e. The Balaban J connectivity index is 4.61. The van der Waals surface area contributed by atoms with E-state index < -0.39 is 30.0 Å². The molecule has 0 aliphatic carbocycles. The van der Waals surface area contributed by atoms with E-state index >= 15 is 0 Å². The SMILES string of the molecule is CCCCCCCCC(CCCCCC)C(=O)OCCCCCCNC(=O)CC[C@H](NC(=O)[C@@H](N)[C@@H](C)O)C(=O)NCCCCCCOC(=O)C(CCCCCC)CCCCCCCC. The topological polar surface area (TPSA) is 186 Å². The van der Waals surface area contributed by atoms with E-state index in [0.29, 0.717) is 32.7 Å². The number of nitrogens with one attached hydrogen (secondary N) is 3. The van der Waals surface area contributed by atoms with Gasteiger partial charge in [0.1, 0.15) is 12.1 Å². The highest BCUT2D eigenvalue weighted by molar-refractivity contribution is 5.90. The summed E-state index contributed by atoms with van der Waals surface area (Å²) in [6.45, 7) is 12.0. The molecule has 12 heteroatoms. The van der Waals surface area contributed by atoms with Crippen molar-refractivity contribution in [2.24, 2.45) is 17.6 Å². The molecule has 5 atom stereocenters. The van der Waals surface area contributed by atoms with Crippen molar-refractivity contribution >= 4 is 29.7 Å². The predicted molar refractivity (Wildman–Crippen MR) is 266 cm³/mol. The summed E-state index contributed by atoms with van der Waals surface area (Å²) in [5, 5.41) is 18.3. The van der Waals surface area contributed by atoms with Gasteiger partial charge in [-0.1, -0.05) is 169 Å². The van der Waals surface area contributed by atoms with Gasteiger partial charge < -0.3 is 36.3 Å². The van der Waals surface area contributed by atoms with Gasteiger partial charge in [0.15, 0.2) is 0 Å². The van der Waals surface area contributed by atoms with Crippen LogP contribution in [0.15, 0.2) is 0 Å². The van der Waals surface area contributed by atoms with Crippen molar-refractivity contribution < 1.29 is 38.6 Å². The fourth-order valence-corrected chi connectivity index (χ4v) is 8.16. The lowest BCUT2D eigenvalue weighted by Gasteiger charge is -2.21. The average molecular weight is 923 g/mol. The Morgan fingerprint density at radius 2 is 0.815 bits per heavy atom. The molecule has 0 heterocycles. The lowest BCUT2D eigenvalue weighted by molar-refractivity contribution is -0.150. The van der Waals surface area contributed by atoms with Gasteiger partial charge >= 0.3 is 11.9 Å². The van der Waals surface area contributed by atoms with E-state index in [1.54, 1.807) is 0 Å². The van der Waals surface area contributed by atoms with Gasteiger partial charge in [-0.2, -0.15) is 0 Å². The summed E-state index contributed by atoms with van der Waals surface area (Å²) < 4.78 is 11.4. The van der Waals surface area contributed by atoms with Gasteiger partial charge in [0.2, 0.25) is 17.7 Å². The highest BCUT2D eigenvalue weighted by Gasteiger charge is 2.26. The monoisotopic (exact) mass is 923 g/mol. The largest absolute Gasteiger partial charge is 0.465 e. The normalized spacial score (nSPS) is 13.6. The van der Waals surface area contributed by atoms with Crippen LogP contribution in [0.25, 0.3) is 0 Å². The lowest BCUT2D eigenvalue weighted by atomic mass is 9.94. The van der Waals surface area contributed by atoms with Crippen LogP contribution in [0.3, 0.4) is 0 Å². The average Bonchev–Trinajstić information content (AvgIpc) is 3.29. The van der Waals surface area contributed by atoms with Crippen LogP contribution in [-0.2, 0) is 33.4 Å². The van der Waals surface area contributed by atoms with Crippen molar-refractivity contribution in [2.75, 3.05) is 26.3 Å². The van der Waals surface area contributed by atoms with Crippen molar-refractivity contribution in [1.29, 1.82) is 0 Å². The van der Waals surface area contributed by atoms with Crippen molar-refractivity contribution in [3.8, 4) is 0 Å². The van der Waals surface area contributed by atoms with Crippen LogP contribution in [0.1, 0.15) is 253 Å². The number of aliphatic hydroxyl groups excluding tert-OH is 1. The summed E-state index contributed by atoms with van der Waals surface area (Å²) >= 11 is 0. The number of rotatable bonds is 47. The number of unbranched alkanes of at least 4 members (excludes halogenated alkanes) is 22. The second-order valence-electron chi connectivity index (χ2n) is 18.9. The number of carbonyl (C=O) groups is 5. The van der Waals surface area contributed by atoms with Crippen molar-refractivity contribution in [2.45, 2.75) is 271 Å². The maximum atomic E-state index is 13.2. The smallest absolute Gasteiger partial charge is 0.308 e. The zero-order valence-corrected chi connectivity index (χ0v) is 42.6. The van der Waals surface area contributed by atoms with E-state index in [9.17, 15) is 29.1 Å². The first-order valence-electron chi connectivity index (χ1n) is 27.1. The predicted octanol–water partition coefficient (Wildman–Crippen LogP) is 11.1. The maximum absolute atomic E-state index is 13.2.